The molecule has 0 radical (unpaired) electrons. The Labute approximate surface area is 177 Å². The van der Waals surface area contributed by atoms with Crippen LogP contribution in [-0.4, -0.2) is 35.9 Å². The first kappa shape index (κ1) is 22.0. The van der Waals surface area contributed by atoms with E-state index in [2.05, 4.69) is 0 Å². The number of para-hydroxylation sites is 1. The Hall–Kier alpha value is -2.67. The van der Waals surface area contributed by atoms with Crippen LogP contribution in [0.4, 0.5) is 4.39 Å². The lowest BCUT2D eigenvalue weighted by molar-refractivity contribution is -0.135. The lowest BCUT2D eigenvalue weighted by Crippen LogP contribution is -2.43. The van der Waals surface area contributed by atoms with Crippen LogP contribution < -0.4 is 0 Å². The molecule has 0 aliphatic heterocycles. The van der Waals surface area contributed by atoms with Gasteiger partial charge in [0.1, 0.15) is 12.4 Å². The van der Waals surface area contributed by atoms with E-state index in [0.717, 1.165) is 0 Å². The van der Waals surface area contributed by atoms with E-state index in [4.69, 9.17) is 0 Å². The molecule has 1 aromatic heterocycles. The highest BCUT2D eigenvalue weighted by Crippen LogP contribution is 2.28. The van der Waals surface area contributed by atoms with E-state index in [1.54, 1.807) is 33.7 Å². The number of rotatable bonds is 7. The van der Waals surface area contributed by atoms with Crippen molar-refractivity contribution in [3.05, 3.63) is 66.1 Å². The number of benzene rings is 2. The van der Waals surface area contributed by atoms with Crippen LogP contribution in [0.3, 0.4) is 0 Å². The lowest BCUT2D eigenvalue weighted by Gasteiger charge is -2.31. The van der Waals surface area contributed by atoms with Crippen molar-refractivity contribution in [2.24, 2.45) is 0 Å². The van der Waals surface area contributed by atoms with Gasteiger partial charge in [0.15, 0.2) is 9.84 Å². The highest BCUT2D eigenvalue weighted by Gasteiger charge is 2.25. The van der Waals surface area contributed by atoms with E-state index >= 15 is 0 Å². The monoisotopic (exact) mass is 430 g/mol. The first-order chi connectivity index (χ1) is 14.1. The van der Waals surface area contributed by atoms with Crippen LogP contribution >= 0.6 is 0 Å². The van der Waals surface area contributed by atoms with Gasteiger partial charge in [-0.2, -0.15) is 0 Å². The molecule has 0 aliphatic rings. The second-order valence-corrected chi connectivity index (χ2v) is 9.97. The highest BCUT2D eigenvalue weighted by molar-refractivity contribution is 7.90. The number of carbonyl (C=O) groups excluding carboxylic acids is 1. The molecule has 0 N–H and O–H groups in total. The molecular weight excluding hydrogens is 403 g/mol. The summed E-state index contributed by atoms with van der Waals surface area (Å²) in [7, 11) is -3.74. The summed E-state index contributed by atoms with van der Waals surface area (Å²) < 4.78 is 41.5. The minimum atomic E-state index is -3.74. The molecule has 0 atom stereocenters. The summed E-state index contributed by atoms with van der Waals surface area (Å²) >= 11 is 0. The summed E-state index contributed by atoms with van der Waals surface area (Å²) in [5.41, 5.74) is 1.06. The fourth-order valence-corrected chi connectivity index (χ4v) is 5.48. The van der Waals surface area contributed by atoms with Gasteiger partial charge < -0.3 is 9.47 Å². The third-order valence-corrected chi connectivity index (χ3v) is 6.75. The van der Waals surface area contributed by atoms with E-state index < -0.39 is 15.7 Å². The molecule has 5 nitrogen and oxygen atoms in total. The zero-order valence-electron chi connectivity index (χ0n) is 17.7. The largest absolute Gasteiger partial charge is 0.337 e. The molecule has 0 spiro atoms. The second-order valence-electron chi connectivity index (χ2n) is 8.02. The number of aromatic nitrogens is 1. The van der Waals surface area contributed by atoms with Gasteiger partial charge in [0.2, 0.25) is 5.91 Å². The smallest absolute Gasteiger partial charge is 0.242 e. The maximum atomic E-state index is 13.5. The van der Waals surface area contributed by atoms with Crippen molar-refractivity contribution in [3.8, 4) is 0 Å². The molecule has 2 aromatic carbocycles. The molecule has 0 saturated carbocycles. The summed E-state index contributed by atoms with van der Waals surface area (Å²) in [5.74, 6) is -0.857. The van der Waals surface area contributed by atoms with E-state index in [0.29, 0.717) is 16.5 Å². The molecule has 1 amide bonds. The van der Waals surface area contributed by atoms with Gasteiger partial charge in [-0.1, -0.05) is 30.3 Å². The van der Waals surface area contributed by atoms with Crippen LogP contribution in [0.1, 0.15) is 33.3 Å². The Morgan fingerprint density at radius 3 is 2.33 bits per heavy atom. The molecule has 160 valence electrons. The van der Waals surface area contributed by atoms with E-state index in [1.807, 2.05) is 33.8 Å². The normalized spacial score (nSPS) is 12.1. The Morgan fingerprint density at radius 1 is 1.03 bits per heavy atom. The Bertz CT molecular complexity index is 1160. The van der Waals surface area contributed by atoms with Gasteiger partial charge in [0, 0.05) is 29.2 Å². The second kappa shape index (κ2) is 8.60. The SMILES string of the molecule is CC(C)N(C(=O)Cn1cc(S(=O)(=O)Cc2cccc(F)c2)c2ccccc21)C(C)C. The quantitative estimate of drug-likeness (QED) is 0.558. The number of hydrogen-bond acceptors (Lipinski definition) is 3. The van der Waals surface area contributed by atoms with Crippen LogP contribution in [-0.2, 0) is 26.9 Å². The van der Waals surface area contributed by atoms with Crippen molar-refractivity contribution in [2.75, 3.05) is 0 Å². The van der Waals surface area contributed by atoms with Gasteiger partial charge in [0.05, 0.1) is 10.6 Å². The fraction of sp³-hybridized carbons (Fsp3) is 0.348. The van der Waals surface area contributed by atoms with Gasteiger partial charge in [-0.15, -0.1) is 0 Å². The van der Waals surface area contributed by atoms with Crippen molar-refractivity contribution in [2.45, 2.75) is 57.0 Å². The van der Waals surface area contributed by atoms with Gasteiger partial charge in [-0.25, -0.2) is 12.8 Å². The van der Waals surface area contributed by atoms with Crippen LogP contribution in [0.25, 0.3) is 10.9 Å². The molecule has 3 rings (SSSR count). The van der Waals surface area contributed by atoms with Crippen molar-refractivity contribution < 1.29 is 17.6 Å². The first-order valence-electron chi connectivity index (χ1n) is 9.96. The Kier molecular flexibility index (Phi) is 6.31. The van der Waals surface area contributed by atoms with Gasteiger partial charge in [-0.05, 0) is 51.5 Å². The third-order valence-electron chi connectivity index (χ3n) is 5.04. The molecule has 30 heavy (non-hydrogen) atoms. The van der Waals surface area contributed by atoms with Gasteiger partial charge in [-0.3, -0.25) is 4.79 Å². The van der Waals surface area contributed by atoms with E-state index in [-0.39, 0.29) is 35.2 Å². The Morgan fingerprint density at radius 2 is 1.70 bits per heavy atom. The van der Waals surface area contributed by atoms with Crippen molar-refractivity contribution in [1.82, 2.24) is 9.47 Å². The molecule has 3 aromatic rings. The molecule has 0 aliphatic carbocycles. The first-order valence-corrected chi connectivity index (χ1v) is 11.6. The zero-order valence-corrected chi connectivity index (χ0v) is 18.5. The van der Waals surface area contributed by atoms with Crippen molar-refractivity contribution in [3.63, 3.8) is 0 Å². The summed E-state index contributed by atoms with van der Waals surface area (Å²) in [6.45, 7) is 7.88. The standard InChI is InChI=1S/C23H27FN2O3S/c1-16(2)26(17(3)4)23(27)14-25-13-22(20-10-5-6-11-21(20)25)30(28,29)15-18-8-7-9-19(24)12-18/h5-13,16-17H,14-15H2,1-4H3. The average molecular weight is 431 g/mol. The van der Waals surface area contributed by atoms with E-state index in [1.165, 1.54) is 24.4 Å². The summed E-state index contributed by atoms with van der Waals surface area (Å²) in [6, 6.07) is 12.8. The number of carbonyl (C=O) groups is 1. The summed E-state index contributed by atoms with van der Waals surface area (Å²) in [4.78, 5) is 14.9. The third kappa shape index (κ3) is 4.56. The number of sulfone groups is 1. The maximum Gasteiger partial charge on any atom is 0.242 e. The predicted molar refractivity (Wildman–Crippen MR) is 116 cm³/mol. The highest BCUT2D eigenvalue weighted by atomic mass is 32.2. The van der Waals surface area contributed by atoms with Gasteiger partial charge in [0.25, 0.3) is 0 Å². The lowest BCUT2D eigenvalue weighted by atomic mass is 10.2. The molecule has 0 bridgehead atoms. The number of nitrogens with zero attached hydrogens (tertiary/aromatic N) is 2. The van der Waals surface area contributed by atoms with E-state index in [9.17, 15) is 17.6 Å². The predicted octanol–water partition coefficient (Wildman–Crippen LogP) is 4.40. The zero-order chi connectivity index (χ0) is 22.1. The number of hydrogen-bond donors (Lipinski definition) is 0. The Balaban J connectivity index is 2.01. The minimum Gasteiger partial charge on any atom is -0.337 e. The average Bonchev–Trinajstić information content (AvgIpc) is 3.00. The van der Waals surface area contributed by atoms with Crippen LogP contribution in [0.15, 0.2) is 59.6 Å². The number of fused-ring (bicyclic) bond motifs is 1. The maximum absolute atomic E-state index is 13.5. The molecule has 0 fully saturated rings. The van der Waals surface area contributed by atoms with Crippen LogP contribution in [0, 0.1) is 5.82 Å². The minimum absolute atomic E-state index is 0.0375. The summed E-state index contributed by atoms with van der Waals surface area (Å²) in [6.07, 6.45) is 1.52. The number of halogens is 1. The topological polar surface area (TPSA) is 59.4 Å². The van der Waals surface area contributed by atoms with Crippen LogP contribution in [0.2, 0.25) is 0 Å². The number of amides is 1. The fourth-order valence-electron chi connectivity index (χ4n) is 3.92. The van der Waals surface area contributed by atoms with Gasteiger partial charge >= 0.3 is 0 Å². The molecular formula is C23H27FN2O3S. The van der Waals surface area contributed by atoms with Crippen molar-refractivity contribution >= 4 is 26.6 Å². The molecule has 0 unspecified atom stereocenters. The summed E-state index contributed by atoms with van der Waals surface area (Å²) in [5, 5.41) is 0.558. The molecule has 0 saturated heterocycles. The molecule has 1 heterocycles. The molecule has 7 heteroatoms. The van der Waals surface area contributed by atoms with Crippen molar-refractivity contribution in [1.29, 1.82) is 0 Å². The van der Waals surface area contributed by atoms with Crippen LogP contribution in [0.5, 0.6) is 0 Å².